The molecule has 1 fully saturated rings. The summed E-state index contributed by atoms with van der Waals surface area (Å²) in [5.74, 6) is 2.21. The summed E-state index contributed by atoms with van der Waals surface area (Å²) < 4.78 is 5.41. The fourth-order valence-electron chi connectivity index (χ4n) is 2.13. The number of nitrogens with one attached hydrogen (secondary N) is 2. The van der Waals surface area contributed by atoms with Gasteiger partial charge in [0.15, 0.2) is 0 Å². The monoisotopic (exact) mass is 265 g/mol. The zero-order valence-electron chi connectivity index (χ0n) is 11.8. The summed E-state index contributed by atoms with van der Waals surface area (Å²) in [6.07, 6.45) is 0. The minimum Gasteiger partial charge on any atom is -0.478 e. The van der Waals surface area contributed by atoms with Crippen LogP contribution < -0.4 is 15.4 Å². The van der Waals surface area contributed by atoms with Gasteiger partial charge in [0.1, 0.15) is 11.6 Å². The van der Waals surface area contributed by atoms with E-state index in [1.54, 1.807) is 0 Å². The molecule has 0 saturated carbocycles. The van der Waals surface area contributed by atoms with Crippen LogP contribution in [0.1, 0.15) is 12.7 Å². The first-order valence-corrected chi connectivity index (χ1v) is 6.93. The van der Waals surface area contributed by atoms with Crippen molar-refractivity contribution < 1.29 is 4.74 Å². The summed E-state index contributed by atoms with van der Waals surface area (Å²) >= 11 is 0. The van der Waals surface area contributed by atoms with Gasteiger partial charge in [0.25, 0.3) is 0 Å². The van der Waals surface area contributed by atoms with Crippen molar-refractivity contribution in [2.45, 2.75) is 13.8 Å². The number of aryl methyl sites for hydroxylation is 1. The Morgan fingerprint density at radius 2 is 2.16 bits per heavy atom. The molecule has 106 valence electrons. The van der Waals surface area contributed by atoms with Crippen LogP contribution in [0.2, 0.25) is 0 Å². The number of hydrogen-bond donors (Lipinski definition) is 2. The van der Waals surface area contributed by atoms with Crippen molar-refractivity contribution in [2.75, 3.05) is 51.2 Å². The van der Waals surface area contributed by atoms with Gasteiger partial charge < -0.3 is 15.4 Å². The Balaban J connectivity index is 1.81. The molecule has 1 saturated heterocycles. The Bertz CT molecular complexity index is 393. The minimum atomic E-state index is 0.622. The average Bonchev–Trinajstić information content (AvgIpc) is 2.40. The van der Waals surface area contributed by atoms with Crippen molar-refractivity contribution in [1.82, 2.24) is 20.2 Å². The van der Waals surface area contributed by atoms with Crippen LogP contribution in [-0.2, 0) is 0 Å². The molecule has 6 heteroatoms. The summed E-state index contributed by atoms with van der Waals surface area (Å²) in [5, 5.41) is 6.69. The number of ether oxygens (including phenoxy) is 1. The van der Waals surface area contributed by atoms with Crippen LogP contribution in [0.4, 0.5) is 5.82 Å². The van der Waals surface area contributed by atoms with E-state index in [2.05, 4.69) is 25.5 Å². The second-order valence-electron chi connectivity index (χ2n) is 4.59. The Morgan fingerprint density at radius 3 is 2.89 bits per heavy atom. The van der Waals surface area contributed by atoms with Crippen LogP contribution >= 0.6 is 0 Å². The molecule has 1 aliphatic heterocycles. The van der Waals surface area contributed by atoms with Crippen LogP contribution in [-0.4, -0.2) is 60.7 Å². The minimum absolute atomic E-state index is 0.622. The highest BCUT2D eigenvalue weighted by atomic mass is 16.5. The summed E-state index contributed by atoms with van der Waals surface area (Å²) in [7, 11) is 0. The van der Waals surface area contributed by atoms with Gasteiger partial charge in [0.05, 0.1) is 6.61 Å². The number of piperazine rings is 1. The lowest BCUT2D eigenvalue weighted by atomic mass is 10.3. The molecular weight excluding hydrogens is 242 g/mol. The number of nitrogens with zero attached hydrogens (tertiary/aromatic N) is 3. The van der Waals surface area contributed by atoms with Gasteiger partial charge in [-0.2, -0.15) is 4.98 Å². The number of rotatable bonds is 6. The van der Waals surface area contributed by atoms with E-state index in [0.717, 1.165) is 50.9 Å². The lowest BCUT2D eigenvalue weighted by molar-refractivity contribution is 0.249. The van der Waals surface area contributed by atoms with Gasteiger partial charge in [-0.15, -0.1) is 0 Å². The molecule has 1 aromatic rings. The molecule has 0 radical (unpaired) electrons. The average molecular weight is 265 g/mol. The Labute approximate surface area is 114 Å². The van der Waals surface area contributed by atoms with Crippen LogP contribution in [0.25, 0.3) is 0 Å². The normalized spacial score (nSPS) is 16.3. The summed E-state index contributed by atoms with van der Waals surface area (Å²) in [5.41, 5.74) is 0. The first kappa shape index (κ1) is 14.0. The summed E-state index contributed by atoms with van der Waals surface area (Å²) in [6, 6.07) is 1.86. The molecule has 2 heterocycles. The van der Waals surface area contributed by atoms with Gasteiger partial charge in [-0.3, -0.25) is 4.90 Å². The molecule has 0 unspecified atom stereocenters. The lowest BCUT2D eigenvalue weighted by Crippen LogP contribution is -2.45. The molecule has 2 N–H and O–H groups in total. The molecule has 0 spiro atoms. The molecule has 0 aromatic carbocycles. The van der Waals surface area contributed by atoms with Gasteiger partial charge in [0, 0.05) is 45.3 Å². The maximum absolute atomic E-state index is 5.41. The molecule has 1 aromatic heterocycles. The second-order valence-corrected chi connectivity index (χ2v) is 4.59. The third kappa shape index (κ3) is 4.65. The van der Waals surface area contributed by atoms with Crippen molar-refractivity contribution in [1.29, 1.82) is 0 Å². The molecule has 1 aliphatic rings. The summed E-state index contributed by atoms with van der Waals surface area (Å²) in [6.45, 7) is 10.8. The fourth-order valence-corrected chi connectivity index (χ4v) is 2.13. The van der Waals surface area contributed by atoms with Crippen LogP contribution in [0.5, 0.6) is 5.88 Å². The molecular formula is C13H23N5O. The topological polar surface area (TPSA) is 62.3 Å². The van der Waals surface area contributed by atoms with Crippen molar-refractivity contribution in [3.63, 3.8) is 0 Å². The van der Waals surface area contributed by atoms with E-state index in [1.807, 2.05) is 19.9 Å². The standard InChI is InChI=1S/C13H23N5O/c1-3-19-13-10-12(16-11(2)17-13)15-6-9-18-7-4-14-5-8-18/h10,14H,3-9H2,1-2H3,(H,15,16,17). The number of anilines is 1. The van der Waals surface area contributed by atoms with E-state index in [0.29, 0.717) is 12.5 Å². The molecule has 0 bridgehead atoms. The number of hydrogen-bond acceptors (Lipinski definition) is 6. The molecule has 0 aliphatic carbocycles. The van der Waals surface area contributed by atoms with Crippen molar-refractivity contribution >= 4 is 5.82 Å². The van der Waals surface area contributed by atoms with Crippen LogP contribution in [0.15, 0.2) is 6.07 Å². The highest BCUT2D eigenvalue weighted by Crippen LogP contribution is 2.12. The number of aromatic nitrogens is 2. The first-order valence-electron chi connectivity index (χ1n) is 6.93. The highest BCUT2D eigenvalue weighted by molar-refractivity contribution is 5.38. The van der Waals surface area contributed by atoms with Crippen molar-refractivity contribution in [3.8, 4) is 5.88 Å². The van der Waals surface area contributed by atoms with Crippen LogP contribution in [0, 0.1) is 6.92 Å². The van der Waals surface area contributed by atoms with Gasteiger partial charge in [-0.05, 0) is 13.8 Å². The van der Waals surface area contributed by atoms with Gasteiger partial charge in [-0.25, -0.2) is 4.98 Å². The van der Waals surface area contributed by atoms with E-state index in [4.69, 9.17) is 4.74 Å². The fraction of sp³-hybridized carbons (Fsp3) is 0.692. The first-order chi connectivity index (χ1) is 9.28. The Hall–Kier alpha value is -1.40. The molecule has 19 heavy (non-hydrogen) atoms. The van der Waals surface area contributed by atoms with E-state index in [9.17, 15) is 0 Å². The molecule has 0 atom stereocenters. The van der Waals surface area contributed by atoms with E-state index in [-0.39, 0.29) is 0 Å². The van der Waals surface area contributed by atoms with Gasteiger partial charge in [0.2, 0.25) is 5.88 Å². The SMILES string of the molecule is CCOc1cc(NCCN2CCNCC2)nc(C)n1. The highest BCUT2D eigenvalue weighted by Gasteiger charge is 2.09. The van der Waals surface area contributed by atoms with Gasteiger partial charge >= 0.3 is 0 Å². The molecule has 2 rings (SSSR count). The quantitative estimate of drug-likeness (QED) is 0.781. The lowest BCUT2D eigenvalue weighted by Gasteiger charge is -2.27. The zero-order chi connectivity index (χ0) is 13.5. The maximum atomic E-state index is 5.41. The predicted octanol–water partition coefficient (Wildman–Crippen LogP) is 0.501. The Kier molecular flexibility index (Phi) is 5.35. The van der Waals surface area contributed by atoms with E-state index >= 15 is 0 Å². The smallest absolute Gasteiger partial charge is 0.218 e. The van der Waals surface area contributed by atoms with Gasteiger partial charge in [-0.1, -0.05) is 0 Å². The largest absolute Gasteiger partial charge is 0.478 e. The van der Waals surface area contributed by atoms with E-state index in [1.165, 1.54) is 0 Å². The predicted molar refractivity (Wildman–Crippen MR) is 75.7 cm³/mol. The maximum Gasteiger partial charge on any atom is 0.218 e. The van der Waals surface area contributed by atoms with Crippen molar-refractivity contribution in [2.24, 2.45) is 0 Å². The second kappa shape index (κ2) is 7.25. The summed E-state index contributed by atoms with van der Waals surface area (Å²) in [4.78, 5) is 11.0. The Morgan fingerprint density at radius 1 is 1.37 bits per heavy atom. The molecule has 6 nitrogen and oxygen atoms in total. The van der Waals surface area contributed by atoms with E-state index < -0.39 is 0 Å². The third-order valence-electron chi connectivity index (χ3n) is 3.05. The third-order valence-corrected chi connectivity index (χ3v) is 3.05. The zero-order valence-corrected chi connectivity index (χ0v) is 11.8. The molecule has 0 amide bonds. The van der Waals surface area contributed by atoms with Crippen LogP contribution in [0.3, 0.4) is 0 Å². The van der Waals surface area contributed by atoms with Crippen molar-refractivity contribution in [3.05, 3.63) is 11.9 Å².